The first-order chi connectivity index (χ1) is 9.05. The van der Waals surface area contributed by atoms with Crippen LogP contribution in [0.3, 0.4) is 0 Å². The summed E-state index contributed by atoms with van der Waals surface area (Å²) < 4.78 is 5.75. The Morgan fingerprint density at radius 2 is 2.16 bits per heavy atom. The molecule has 1 aromatic rings. The normalized spacial score (nSPS) is 16.7. The number of hydrogen-bond acceptors (Lipinski definition) is 3. The average molecular weight is 262 g/mol. The Bertz CT molecular complexity index is 473. The molecule has 0 heterocycles. The average Bonchev–Trinajstić information content (AvgIpc) is 2.84. The number of primary amides is 1. The summed E-state index contributed by atoms with van der Waals surface area (Å²) >= 11 is 0. The molecule has 4 nitrogen and oxygen atoms in total. The monoisotopic (exact) mass is 262 g/mol. The maximum absolute atomic E-state index is 11.5. The third kappa shape index (κ3) is 3.07. The predicted molar refractivity (Wildman–Crippen MR) is 75.2 cm³/mol. The number of ether oxygens (including phenoxy) is 1. The van der Waals surface area contributed by atoms with Crippen molar-refractivity contribution in [1.82, 2.24) is 5.32 Å². The molecule has 0 saturated carbocycles. The Morgan fingerprint density at radius 3 is 2.84 bits per heavy atom. The van der Waals surface area contributed by atoms with E-state index < -0.39 is 11.4 Å². The molecule has 0 saturated heterocycles. The van der Waals surface area contributed by atoms with E-state index in [-0.39, 0.29) is 6.61 Å². The maximum Gasteiger partial charge on any atom is 0.240 e. The van der Waals surface area contributed by atoms with Crippen LogP contribution in [0.2, 0.25) is 0 Å². The highest BCUT2D eigenvalue weighted by Gasteiger charge is 2.31. The molecule has 1 aliphatic rings. The Labute approximate surface area is 114 Å². The van der Waals surface area contributed by atoms with E-state index in [0.29, 0.717) is 6.54 Å². The van der Waals surface area contributed by atoms with E-state index in [9.17, 15) is 4.79 Å². The number of benzene rings is 1. The van der Waals surface area contributed by atoms with Gasteiger partial charge in [-0.2, -0.15) is 0 Å². The summed E-state index contributed by atoms with van der Waals surface area (Å²) in [6.45, 7) is 4.63. The number of amides is 1. The number of nitrogens with one attached hydrogen (secondary N) is 1. The lowest BCUT2D eigenvalue weighted by molar-refractivity contribution is -0.124. The van der Waals surface area contributed by atoms with Gasteiger partial charge in [0, 0.05) is 0 Å². The first-order valence-electron chi connectivity index (χ1n) is 6.84. The topological polar surface area (TPSA) is 64.3 Å². The lowest BCUT2D eigenvalue weighted by Gasteiger charge is -2.27. The lowest BCUT2D eigenvalue weighted by atomic mass is 10.0. The van der Waals surface area contributed by atoms with Gasteiger partial charge in [0.05, 0.1) is 0 Å². The van der Waals surface area contributed by atoms with E-state index in [1.807, 2.05) is 13.0 Å². The quantitative estimate of drug-likeness (QED) is 0.814. The molecule has 1 unspecified atom stereocenters. The fourth-order valence-corrected chi connectivity index (χ4v) is 2.47. The third-order valence-electron chi connectivity index (χ3n) is 3.71. The molecular formula is C15H22N2O2. The van der Waals surface area contributed by atoms with Crippen molar-refractivity contribution >= 4 is 5.91 Å². The molecule has 0 spiro atoms. The van der Waals surface area contributed by atoms with E-state index in [2.05, 4.69) is 17.4 Å². The van der Waals surface area contributed by atoms with Crippen LogP contribution in [0.25, 0.3) is 0 Å². The highest BCUT2D eigenvalue weighted by atomic mass is 16.5. The van der Waals surface area contributed by atoms with E-state index in [0.717, 1.165) is 18.6 Å². The van der Waals surface area contributed by atoms with Crippen LogP contribution < -0.4 is 15.8 Å². The van der Waals surface area contributed by atoms with Gasteiger partial charge in [-0.3, -0.25) is 4.79 Å². The Balaban J connectivity index is 2.03. The van der Waals surface area contributed by atoms with Gasteiger partial charge in [0.2, 0.25) is 5.91 Å². The second-order valence-electron chi connectivity index (χ2n) is 5.30. The van der Waals surface area contributed by atoms with E-state index in [1.54, 1.807) is 6.92 Å². The van der Waals surface area contributed by atoms with Crippen molar-refractivity contribution in [3.63, 3.8) is 0 Å². The minimum atomic E-state index is -0.826. The molecular weight excluding hydrogens is 240 g/mol. The first kappa shape index (κ1) is 13.9. The molecule has 0 radical (unpaired) electrons. The maximum atomic E-state index is 11.5. The smallest absolute Gasteiger partial charge is 0.240 e. The van der Waals surface area contributed by atoms with Gasteiger partial charge in [-0.15, -0.1) is 0 Å². The minimum Gasteiger partial charge on any atom is -0.491 e. The van der Waals surface area contributed by atoms with Crippen LogP contribution in [0.1, 0.15) is 31.4 Å². The lowest BCUT2D eigenvalue weighted by Crippen LogP contribution is -2.57. The van der Waals surface area contributed by atoms with Crippen LogP contribution in [-0.2, 0) is 17.6 Å². The summed E-state index contributed by atoms with van der Waals surface area (Å²) in [5.41, 5.74) is 7.38. The van der Waals surface area contributed by atoms with Gasteiger partial charge >= 0.3 is 0 Å². The van der Waals surface area contributed by atoms with Crippen LogP contribution in [0.15, 0.2) is 18.2 Å². The largest absolute Gasteiger partial charge is 0.491 e. The molecule has 0 fully saturated rings. The van der Waals surface area contributed by atoms with Gasteiger partial charge in [-0.25, -0.2) is 0 Å². The predicted octanol–water partition coefficient (Wildman–Crippen LogP) is 1.41. The van der Waals surface area contributed by atoms with Crippen LogP contribution >= 0.6 is 0 Å². The van der Waals surface area contributed by atoms with Crippen molar-refractivity contribution in [1.29, 1.82) is 0 Å². The second kappa shape index (κ2) is 5.61. The van der Waals surface area contributed by atoms with E-state index >= 15 is 0 Å². The van der Waals surface area contributed by atoms with Gasteiger partial charge in [0.25, 0.3) is 0 Å². The summed E-state index contributed by atoms with van der Waals surface area (Å²) in [7, 11) is 0. The Kier molecular flexibility index (Phi) is 4.10. The van der Waals surface area contributed by atoms with Crippen molar-refractivity contribution < 1.29 is 9.53 Å². The van der Waals surface area contributed by atoms with Gasteiger partial charge in [-0.05, 0) is 56.0 Å². The number of likely N-dealkylation sites (N-methyl/N-ethyl adjacent to an activating group) is 1. The van der Waals surface area contributed by atoms with Gasteiger partial charge < -0.3 is 15.8 Å². The van der Waals surface area contributed by atoms with Crippen molar-refractivity contribution in [3.8, 4) is 5.75 Å². The molecule has 3 N–H and O–H groups in total. The Morgan fingerprint density at radius 1 is 1.42 bits per heavy atom. The molecule has 19 heavy (non-hydrogen) atoms. The summed E-state index contributed by atoms with van der Waals surface area (Å²) in [6.07, 6.45) is 3.49. The van der Waals surface area contributed by atoms with Crippen LogP contribution in [-0.4, -0.2) is 24.6 Å². The molecule has 1 aliphatic carbocycles. The standard InChI is InChI=1S/C15H22N2O2/c1-3-17-15(2,14(16)18)10-19-13-8-7-11-5-4-6-12(11)9-13/h7-9,17H,3-6,10H2,1-2H3,(H2,16,18). The van der Waals surface area contributed by atoms with Crippen molar-refractivity contribution in [3.05, 3.63) is 29.3 Å². The van der Waals surface area contributed by atoms with Crippen molar-refractivity contribution in [2.75, 3.05) is 13.2 Å². The zero-order valence-electron chi connectivity index (χ0n) is 11.7. The zero-order chi connectivity index (χ0) is 13.9. The number of hydrogen-bond donors (Lipinski definition) is 2. The minimum absolute atomic E-state index is 0.245. The summed E-state index contributed by atoms with van der Waals surface area (Å²) in [4.78, 5) is 11.5. The molecule has 0 aromatic heterocycles. The van der Waals surface area contributed by atoms with Gasteiger partial charge in [-0.1, -0.05) is 13.0 Å². The molecule has 0 aliphatic heterocycles. The van der Waals surface area contributed by atoms with Gasteiger partial charge in [0.15, 0.2) is 0 Å². The second-order valence-corrected chi connectivity index (χ2v) is 5.30. The third-order valence-corrected chi connectivity index (χ3v) is 3.71. The molecule has 1 amide bonds. The summed E-state index contributed by atoms with van der Waals surface area (Å²) in [6, 6.07) is 6.17. The summed E-state index contributed by atoms with van der Waals surface area (Å²) in [5.74, 6) is 0.418. The molecule has 104 valence electrons. The Hall–Kier alpha value is -1.55. The fourth-order valence-electron chi connectivity index (χ4n) is 2.47. The molecule has 1 aromatic carbocycles. The molecule has 0 bridgehead atoms. The summed E-state index contributed by atoms with van der Waals surface area (Å²) in [5, 5.41) is 3.08. The van der Waals surface area contributed by atoms with Crippen molar-refractivity contribution in [2.24, 2.45) is 5.73 Å². The first-order valence-corrected chi connectivity index (χ1v) is 6.84. The highest BCUT2D eigenvalue weighted by Crippen LogP contribution is 2.26. The molecule has 4 heteroatoms. The number of rotatable bonds is 6. The van der Waals surface area contributed by atoms with Crippen LogP contribution in [0, 0.1) is 0 Å². The van der Waals surface area contributed by atoms with Gasteiger partial charge in [0.1, 0.15) is 17.9 Å². The fraction of sp³-hybridized carbons (Fsp3) is 0.533. The van der Waals surface area contributed by atoms with Crippen LogP contribution in [0.4, 0.5) is 0 Å². The molecule has 1 atom stereocenters. The van der Waals surface area contributed by atoms with E-state index in [1.165, 1.54) is 17.5 Å². The number of carbonyl (C=O) groups is 1. The highest BCUT2D eigenvalue weighted by molar-refractivity contribution is 5.84. The molecule has 2 rings (SSSR count). The van der Waals surface area contributed by atoms with E-state index in [4.69, 9.17) is 10.5 Å². The zero-order valence-corrected chi connectivity index (χ0v) is 11.7. The SMILES string of the molecule is CCNC(C)(COc1ccc2c(c1)CCC2)C(N)=O. The number of nitrogens with two attached hydrogens (primary N) is 1. The number of aryl methyl sites for hydroxylation is 2. The number of fused-ring (bicyclic) bond motifs is 1. The number of carbonyl (C=O) groups excluding carboxylic acids is 1. The van der Waals surface area contributed by atoms with Crippen molar-refractivity contribution in [2.45, 2.75) is 38.6 Å². The van der Waals surface area contributed by atoms with Crippen LogP contribution in [0.5, 0.6) is 5.75 Å².